The van der Waals surface area contributed by atoms with Crippen LogP contribution in [0.2, 0.25) is 0 Å². The van der Waals surface area contributed by atoms with E-state index < -0.39 is 11.7 Å². The van der Waals surface area contributed by atoms with E-state index in [2.05, 4.69) is 10.4 Å². The van der Waals surface area contributed by atoms with Gasteiger partial charge in [-0.1, -0.05) is 18.2 Å². The van der Waals surface area contributed by atoms with Crippen LogP contribution in [0.3, 0.4) is 0 Å². The topological polar surface area (TPSA) is 53.6 Å². The molecule has 0 unspecified atom stereocenters. The molecule has 132 valence electrons. The summed E-state index contributed by atoms with van der Waals surface area (Å²) in [5, 5.41) is 16.3. The summed E-state index contributed by atoms with van der Waals surface area (Å²) in [6.45, 7) is 0.383. The average Bonchev–Trinajstić information content (AvgIpc) is 3.05. The number of hydrogen-bond acceptors (Lipinski definition) is 3. The minimum absolute atomic E-state index is 0.0387. The van der Waals surface area contributed by atoms with Crippen molar-refractivity contribution >= 4 is 5.69 Å². The van der Waals surface area contributed by atoms with Crippen molar-refractivity contribution in [1.82, 2.24) is 9.78 Å². The van der Waals surface area contributed by atoms with E-state index in [-0.39, 0.29) is 5.56 Å². The van der Waals surface area contributed by atoms with E-state index in [0.717, 1.165) is 28.8 Å². The normalized spacial score (nSPS) is 11.2. The van der Waals surface area contributed by atoms with E-state index >= 15 is 0 Å². The molecule has 26 heavy (non-hydrogen) atoms. The van der Waals surface area contributed by atoms with Gasteiger partial charge in [-0.3, -0.25) is 4.68 Å². The maximum Gasteiger partial charge on any atom is 0.416 e. The Labute approximate surface area is 148 Å². The predicted molar refractivity (Wildman–Crippen MR) is 92.1 cm³/mol. The van der Waals surface area contributed by atoms with E-state index in [1.807, 2.05) is 43.6 Å². The van der Waals surface area contributed by atoms with Crippen LogP contribution in [0.4, 0.5) is 18.9 Å². The molecule has 0 bridgehead atoms. The number of aromatic nitrogens is 2. The van der Waals surface area contributed by atoms with Crippen molar-refractivity contribution in [3.05, 3.63) is 71.5 Å². The first kappa shape index (κ1) is 17.5. The number of nitrogens with one attached hydrogen (secondary N) is 1. The van der Waals surface area contributed by atoms with Crippen molar-refractivity contribution in [2.24, 2.45) is 7.05 Å². The van der Waals surface area contributed by atoms with E-state index in [0.29, 0.717) is 12.2 Å². The molecule has 0 atom stereocenters. The molecule has 7 heteroatoms. The first-order valence-electron chi connectivity index (χ1n) is 7.80. The molecule has 0 fully saturated rings. The first-order chi connectivity index (χ1) is 12.4. The average molecular weight is 356 g/mol. The van der Waals surface area contributed by atoms with Crippen LogP contribution in [0.15, 0.2) is 54.9 Å². The quantitative estimate of drug-likeness (QED) is 0.744. The maximum atomic E-state index is 12.8. The van der Waals surface area contributed by atoms with Crippen molar-refractivity contribution in [2.75, 3.05) is 5.32 Å². The number of rotatable bonds is 4. The van der Waals surface area contributed by atoms with Gasteiger partial charge < -0.3 is 5.32 Å². The molecule has 0 spiro atoms. The van der Waals surface area contributed by atoms with E-state index in [1.165, 1.54) is 6.07 Å². The molecular weight excluding hydrogens is 341 g/mol. The lowest BCUT2D eigenvalue weighted by Gasteiger charge is -2.12. The van der Waals surface area contributed by atoms with Crippen LogP contribution in [0.5, 0.6) is 0 Å². The van der Waals surface area contributed by atoms with Gasteiger partial charge in [0.2, 0.25) is 0 Å². The third-order valence-corrected chi connectivity index (χ3v) is 3.92. The molecule has 0 aliphatic heterocycles. The number of halogens is 3. The van der Waals surface area contributed by atoms with Crippen molar-refractivity contribution in [1.29, 1.82) is 5.26 Å². The van der Waals surface area contributed by atoms with Crippen LogP contribution in [0, 0.1) is 11.3 Å². The second-order valence-electron chi connectivity index (χ2n) is 5.83. The fourth-order valence-corrected chi connectivity index (χ4v) is 2.60. The van der Waals surface area contributed by atoms with Crippen LogP contribution >= 0.6 is 0 Å². The lowest BCUT2D eigenvalue weighted by atomic mass is 10.1. The first-order valence-corrected chi connectivity index (χ1v) is 7.80. The number of benzene rings is 2. The number of hydrogen-bond donors (Lipinski definition) is 1. The molecule has 0 saturated heterocycles. The molecule has 0 aliphatic carbocycles. The summed E-state index contributed by atoms with van der Waals surface area (Å²) in [6, 6.07) is 12.7. The van der Waals surface area contributed by atoms with Gasteiger partial charge in [-0.25, -0.2) is 0 Å². The number of anilines is 1. The van der Waals surface area contributed by atoms with Gasteiger partial charge in [0, 0.05) is 25.4 Å². The molecule has 1 heterocycles. The number of nitriles is 1. The highest BCUT2D eigenvalue weighted by Gasteiger charge is 2.31. The standard InChI is InChI=1S/C19H15F3N4/c1-26-12-16(11-25-26)14-4-2-3-13(7-14)10-24-18-6-5-17(19(20,21)22)8-15(18)9-23/h2-8,11-12,24H,10H2,1H3. The van der Waals surface area contributed by atoms with Gasteiger partial charge in [-0.05, 0) is 35.4 Å². The Kier molecular flexibility index (Phi) is 4.67. The van der Waals surface area contributed by atoms with Crippen molar-refractivity contribution in [2.45, 2.75) is 12.7 Å². The third-order valence-electron chi connectivity index (χ3n) is 3.92. The van der Waals surface area contributed by atoms with E-state index in [4.69, 9.17) is 5.26 Å². The van der Waals surface area contributed by atoms with Gasteiger partial charge in [0.15, 0.2) is 0 Å². The van der Waals surface area contributed by atoms with Crippen molar-refractivity contribution in [3.8, 4) is 17.2 Å². The van der Waals surface area contributed by atoms with Crippen LogP contribution in [0.25, 0.3) is 11.1 Å². The summed E-state index contributed by atoms with van der Waals surface area (Å²) < 4.78 is 40.0. The van der Waals surface area contributed by atoms with Gasteiger partial charge in [0.1, 0.15) is 6.07 Å². The zero-order valence-electron chi connectivity index (χ0n) is 13.9. The highest BCUT2D eigenvalue weighted by Crippen LogP contribution is 2.31. The molecular formula is C19H15F3N4. The highest BCUT2D eigenvalue weighted by atomic mass is 19.4. The lowest BCUT2D eigenvalue weighted by Crippen LogP contribution is -2.07. The summed E-state index contributed by atoms with van der Waals surface area (Å²) in [5.41, 5.74) is 2.40. The summed E-state index contributed by atoms with van der Waals surface area (Å²) in [5.74, 6) is 0. The molecule has 0 amide bonds. The number of aryl methyl sites for hydroxylation is 1. The molecule has 0 aliphatic rings. The van der Waals surface area contributed by atoms with E-state index in [9.17, 15) is 13.2 Å². The Morgan fingerprint density at radius 3 is 2.62 bits per heavy atom. The maximum absolute atomic E-state index is 12.8. The Balaban J connectivity index is 1.78. The van der Waals surface area contributed by atoms with Gasteiger partial charge >= 0.3 is 6.18 Å². The SMILES string of the molecule is Cn1cc(-c2cccc(CNc3ccc(C(F)(F)F)cc3C#N)c2)cn1. The molecule has 0 saturated carbocycles. The molecule has 2 aromatic carbocycles. The number of nitrogens with zero attached hydrogens (tertiary/aromatic N) is 3. The Bertz CT molecular complexity index is 967. The summed E-state index contributed by atoms with van der Waals surface area (Å²) in [6.07, 6.45) is -0.811. The van der Waals surface area contributed by atoms with Gasteiger partial charge in [-0.15, -0.1) is 0 Å². The largest absolute Gasteiger partial charge is 0.416 e. The minimum atomic E-state index is -4.47. The van der Waals surface area contributed by atoms with Gasteiger partial charge in [0.25, 0.3) is 0 Å². The van der Waals surface area contributed by atoms with Crippen LogP contribution in [-0.2, 0) is 19.8 Å². The Morgan fingerprint density at radius 1 is 1.15 bits per heavy atom. The zero-order valence-corrected chi connectivity index (χ0v) is 13.9. The zero-order chi connectivity index (χ0) is 18.7. The molecule has 3 aromatic rings. The van der Waals surface area contributed by atoms with Crippen LogP contribution < -0.4 is 5.32 Å². The minimum Gasteiger partial charge on any atom is -0.380 e. The molecule has 1 aromatic heterocycles. The highest BCUT2D eigenvalue weighted by molar-refractivity contribution is 5.63. The lowest BCUT2D eigenvalue weighted by molar-refractivity contribution is -0.137. The fraction of sp³-hybridized carbons (Fsp3) is 0.158. The fourth-order valence-electron chi connectivity index (χ4n) is 2.60. The monoisotopic (exact) mass is 356 g/mol. The van der Waals surface area contributed by atoms with Crippen LogP contribution in [-0.4, -0.2) is 9.78 Å². The Hall–Kier alpha value is -3.27. The van der Waals surface area contributed by atoms with Crippen LogP contribution in [0.1, 0.15) is 16.7 Å². The van der Waals surface area contributed by atoms with Crippen molar-refractivity contribution in [3.63, 3.8) is 0 Å². The summed E-state index contributed by atoms with van der Waals surface area (Å²) >= 11 is 0. The third kappa shape index (κ3) is 3.86. The molecule has 0 radical (unpaired) electrons. The smallest absolute Gasteiger partial charge is 0.380 e. The second kappa shape index (κ2) is 6.92. The summed E-state index contributed by atoms with van der Waals surface area (Å²) in [7, 11) is 1.84. The number of alkyl halides is 3. The molecule has 3 rings (SSSR count). The van der Waals surface area contributed by atoms with E-state index in [1.54, 1.807) is 10.9 Å². The molecule has 4 nitrogen and oxygen atoms in total. The van der Waals surface area contributed by atoms with Gasteiger partial charge in [-0.2, -0.15) is 23.5 Å². The van der Waals surface area contributed by atoms with Crippen molar-refractivity contribution < 1.29 is 13.2 Å². The van der Waals surface area contributed by atoms with Gasteiger partial charge in [0.05, 0.1) is 23.0 Å². The predicted octanol–water partition coefficient (Wildman–Crippen LogP) is 4.59. The Morgan fingerprint density at radius 2 is 1.96 bits per heavy atom. The molecule has 1 N–H and O–H groups in total. The second-order valence-corrected chi connectivity index (χ2v) is 5.83. The summed E-state index contributed by atoms with van der Waals surface area (Å²) in [4.78, 5) is 0.